The number of H-pyrrole nitrogens is 1. The molecule has 6 heteroatoms. The highest BCUT2D eigenvalue weighted by Crippen LogP contribution is 2.20. The van der Waals surface area contributed by atoms with Gasteiger partial charge in [-0.2, -0.15) is 5.10 Å². The monoisotopic (exact) mass is 385 g/mol. The fraction of sp³-hybridized carbons (Fsp3) is 0.167. The van der Waals surface area contributed by atoms with Crippen LogP contribution in [0.5, 0.6) is 0 Å². The largest absolute Gasteiger partial charge is 0.344 e. The molecule has 0 aliphatic heterocycles. The van der Waals surface area contributed by atoms with E-state index in [1.54, 1.807) is 24.3 Å². The van der Waals surface area contributed by atoms with Crippen LogP contribution in [0, 0.1) is 0 Å². The van der Waals surface area contributed by atoms with E-state index >= 15 is 0 Å². The Kier molecular flexibility index (Phi) is 4.76. The van der Waals surface area contributed by atoms with Crippen molar-refractivity contribution in [2.45, 2.75) is 19.4 Å². The van der Waals surface area contributed by atoms with E-state index in [-0.39, 0.29) is 23.2 Å². The molecule has 3 rings (SSSR count). The average molecular weight is 386 g/mol. The molecule has 0 unspecified atom stereocenters. The second kappa shape index (κ2) is 6.97. The zero-order valence-electron chi connectivity index (χ0n) is 13.0. The molecule has 1 aromatic heterocycles. The van der Waals surface area contributed by atoms with Crippen LogP contribution in [0.25, 0.3) is 10.8 Å². The molecule has 122 valence electrons. The Bertz CT molecular complexity index is 935. The summed E-state index contributed by atoms with van der Waals surface area (Å²) in [5.74, 6) is -0.308. The van der Waals surface area contributed by atoms with Gasteiger partial charge in [-0.05, 0) is 30.2 Å². The summed E-state index contributed by atoms with van der Waals surface area (Å²) in [6, 6.07) is 14.6. The van der Waals surface area contributed by atoms with E-state index in [4.69, 9.17) is 0 Å². The van der Waals surface area contributed by atoms with Crippen molar-refractivity contribution in [3.8, 4) is 0 Å². The van der Waals surface area contributed by atoms with E-state index < -0.39 is 0 Å². The maximum Gasteiger partial charge on any atom is 0.272 e. The van der Waals surface area contributed by atoms with Gasteiger partial charge in [0.2, 0.25) is 0 Å². The molecule has 0 saturated heterocycles. The predicted molar refractivity (Wildman–Crippen MR) is 97.0 cm³/mol. The molecular formula is C18H16BrN3O2. The molecule has 1 atom stereocenters. The van der Waals surface area contributed by atoms with E-state index in [1.165, 1.54) is 0 Å². The zero-order chi connectivity index (χ0) is 17.1. The lowest BCUT2D eigenvalue weighted by Crippen LogP contribution is -2.30. The topological polar surface area (TPSA) is 74.8 Å². The standard InChI is InChI=1S/C18H16BrN3O2/c1-2-15(11-7-9-12(19)10-8-11)20-18(24)16-13-5-3-4-6-14(13)17(23)22-21-16/h3-10,15H,2H2,1H3,(H,20,24)(H,22,23)/t15-/m0/s1. The van der Waals surface area contributed by atoms with Crippen LogP contribution in [-0.2, 0) is 0 Å². The number of aromatic amines is 1. The van der Waals surface area contributed by atoms with E-state index in [0.717, 1.165) is 16.5 Å². The number of carbonyl (C=O) groups is 1. The Morgan fingerprint density at radius 3 is 2.50 bits per heavy atom. The van der Waals surface area contributed by atoms with Crippen LogP contribution in [-0.4, -0.2) is 16.1 Å². The summed E-state index contributed by atoms with van der Waals surface area (Å²) in [4.78, 5) is 24.5. The quantitative estimate of drug-likeness (QED) is 0.720. The van der Waals surface area contributed by atoms with Crippen molar-refractivity contribution in [1.82, 2.24) is 15.5 Å². The molecule has 2 N–H and O–H groups in total. The van der Waals surface area contributed by atoms with Crippen LogP contribution in [0.1, 0.15) is 35.4 Å². The van der Waals surface area contributed by atoms with Crippen LogP contribution < -0.4 is 10.9 Å². The Morgan fingerprint density at radius 1 is 1.17 bits per heavy atom. The third-order valence-corrected chi connectivity index (χ3v) is 4.43. The minimum Gasteiger partial charge on any atom is -0.344 e. The van der Waals surface area contributed by atoms with Gasteiger partial charge in [-0.3, -0.25) is 9.59 Å². The molecule has 3 aromatic rings. The second-order valence-corrected chi connectivity index (χ2v) is 6.35. The summed E-state index contributed by atoms with van der Waals surface area (Å²) < 4.78 is 0.987. The SMILES string of the molecule is CC[C@H](NC(=O)c1n[nH]c(=O)c2ccccc12)c1ccc(Br)cc1. The van der Waals surface area contributed by atoms with Gasteiger partial charge in [-0.25, -0.2) is 5.10 Å². The van der Waals surface area contributed by atoms with Gasteiger partial charge in [0.25, 0.3) is 11.5 Å². The summed E-state index contributed by atoms with van der Waals surface area (Å²) in [7, 11) is 0. The van der Waals surface area contributed by atoms with Gasteiger partial charge >= 0.3 is 0 Å². The van der Waals surface area contributed by atoms with Gasteiger partial charge in [0.1, 0.15) is 0 Å². The molecule has 0 spiro atoms. The van der Waals surface area contributed by atoms with Crippen molar-refractivity contribution >= 4 is 32.6 Å². The van der Waals surface area contributed by atoms with Crippen molar-refractivity contribution in [3.05, 3.63) is 74.6 Å². The molecule has 0 aliphatic carbocycles. The van der Waals surface area contributed by atoms with Crippen LogP contribution >= 0.6 is 15.9 Å². The first-order valence-corrected chi connectivity index (χ1v) is 8.43. The molecule has 24 heavy (non-hydrogen) atoms. The van der Waals surface area contributed by atoms with Gasteiger partial charge in [0.15, 0.2) is 5.69 Å². The number of halogens is 1. The number of fused-ring (bicyclic) bond motifs is 1. The summed E-state index contributed by atoms with van der Waals surface area (Å²) in [5.41, 5.74) is 0.936. The van der Waals surface area contributed by atoms with Crippen LogP contribution in [0.2, 0.25) is 0 Å². The number of aromatic nitrogens is 2. The van der Waals surface area contributed by atoms with Crippen molar-refractivity contribution < 1.29 is 4.79 Å². The van der Waals surface area contributed by atoms with Crippen molar-refractivity contribution in [3.63, 3.8) is 0 Å². The van der Waals surface area contributed by atoms with Gasteiger partial charge in [-0.1, -0.05) is 53.2 Å². The maximum absolute atomic E-state index is 12.7. The maximum atomic E-state index is 12.7. The molecule has 0 fully saturated rings. The number of nitrogens with zero attached hydrogens (tertiary/aromatic N) is 1. The third kappa shape index (κ3) is 3.23. The highest BCUT2D eigenvalue weighted by molar-refractivity contribution is 9.10. The first-order valence-electron chi connectivity index (χ1n) is 7.64. The minimum atomic E-state index is -0.308. The van der Waals surface area contributed by atoms with Crippen LogP contribution in [0.3, 0.4) is 0 Å². The first kappa shape index (κ1) is 16.4. The van der Waals surface area contributed by atoms with E-state index in [2.05, 4.69) is 31.4 Å². The highest BCUT2D eigenvalue weighted by Gasteiger charge is 2.18. The molecule has 0 radical (unpaired) electrons. The molecule has 2 aromatic carbocycles. The highest BCUT2D eigenvalue weighted by atomic mass is 79.9. The number of benzene rings is 2. The molecule has 0 saturated carbocycles. The van der Waals surface area contributed by atoms with Gasteiger partial charge in [0, 0.05) is 9.86 Å². The number of hydrogen-bond donors (Lipinski definition) is 2. The molecule has 0 bridgehead atoms. The van der Waals surface area contributed by atoms with Gasteiger partial charge in [-0.15, -0.1) is 0 Å². The third-order valence-electron chi connectivity index (χ3n) is 3.90. The van der Waals surface area contributed by atoms with Gasteiger partial charge in [0.05, 0.1) is 11.4 Å². The molecular weight excluding hydrogens is 370 g/mol. The van der Waals surface area contributed by atoms with E-state index in [0.29, 0.717) is 10.8 Å². The molecule has 1 amide bonds. The summed E-state index contributed by atoms with van der Waals surface area (Å²) in [6.45, 7) is 2.01. The van der Waals surface area contributed by atoms with E-state index in [1.807, 2.05) is 31.2 Å². The first-order chi connectivity index (χ1) is 11.6. The lowest BCUT2D eigenvalue weighted by Gasteiger charge is -2.17. The van der Waals surface area contributed by atoms with Crippen molar-refractivity contribution in [2.75, 3.05) is 0 Å². The molecule has 1 heterocycles. The number of amides is 1. The normalized spacial score (nSPS) is 12.1. The summed E-state index contributed by atoms with van der Waals surface area (Å²) in [5, 5.41) is 10.3. The lowest BCUT2D eigenvalue weighted by atomic mass is 10.0. The number of rotatable bonds is 4. The number of nitrogens with one attached hydrogen (secondary N) is 2. The molecule has 0 aliphatic rings. The average Bonchev–Trinajstić information content (AvgIpc) is 2.61. The number of carbonyl (C=O) groups excluding carboxylic acids is 1. The summed E-state index contributed by atoms with van der Waals surface area (Å²) >= 11 is 3.41. The predicted octanol–water partition coefficient (Wildman–Crippen LogP) is 3.57. The Hall–Kier alpha value is -2.47. The van der Waals surface area contributed by atoms with Crippen LogP contribution in [0.15, 0.2) is 57.8 Å². The fourth-order valence-electron chi connectivity index (χ4n) is 2.63. The zero-order valence-corrected chi connectivity index (χ0v) is 14.6. The fourth-order valence-corrected chi connectivity index (χ4v) is 2.89. The van der Waals surface area contributed by atoms with Crippen molar-refractivity contribution in [1.29, 1.82) is 0 Å². The molecule has 5 nitrogen and oxygen atoms in total. The minimum absolute atomic E-state index is 0.127. The van der Waals surface area contributed by atoms with Crippen LogP contribution in [0.4, 0.5) is 0 Å². The smallest absolute Gasteiger partial charge is 0.272 e. The van der Waals surface area contributed by atoms with E-state index in [9.17, 15) is 9.59 Å². The second-order valence-electron chi connectivity index (χ2n) is 5.43. The van der Waals surface area contributed by atoms with Gasteiger partial charge < -0.3 is 5.32 Å². The Balaban J connectivity index is 1.93. The number of hydrogen-bond acceptors (Lipinski definition) is 3. The lowest BCUT2D eigenvalue weighted by molar-refractivity contribution is 0.0931. The Morgan fingerprint density at radius 2 is 1.83 bits per heavy atom. The summed E-state index contributed by atoms with van der Waals surface area (Å²) in [6.07, 6.45) is 0.745. The Labute approximate surface area is 147 Å². The van der Waals surface area contributed by atoms with Crippen molar-refractivity contribution in [2.24, 2.45) is 0 Å².